The summed E-state index contributed by atoms with van der Waals surface area (Å²) < 4.78 is 0. The lowest BCUT2D eigenvalue weighted by atomic mass is 9.96. The van der Waals surface area contributed by atoms with E-state index in [1.807, 2.05) is 6.92 Å². The topological polar surface area (TPSA) is 71.1 Å². The molecule has 2 rings (SSSR count). The second-order valence-electron chi connectivity index (χ2n) is 4.21. The van der Waals surface area contributed by atoms with Gasteiger partial charge in [0, 0.05) is 36.5 Å². The Labute approximate surface area is 99.6 Å². The van der Waals surface area contributed by atoms with Gasteiger partial charge in [-0.25, -0.2) is 0 Å². The molecule has 1 aliphatic rings. The van der Waals surface area contributed by atoms with Crippen LogP contribution in [-0.4, -0.2) is 23.3 Å². The quantitative estimate of drug-likeness (QED) is 0.795. The van der Waals surface area contributed by atoms with Gasteiger partial charge in [-0.3, -0.25) is 14.6 Å². The molecule has 5 heteroatoms. The molecule has 1 aromatic heterocycles. The summed E-state index contributed by atoms with van der Waals surface area (Å²) in [6, 6.07) is 3.55. The maximum atomic E-state index is 11.9. The molecule has 1 atom stereocenters. The Bertz CT molecular complexity index is 445. The van der Waals surface area contributed by atoms with E-state index in [0.717, 1.165) is 11.4 Å². The van der Waals surface area contributed by atoms with Gasteiger partial charge >= 0.3 is 0 Å². The van der Waals surface area contributed by atoms with Crippen molar-refractivity contribution in [1.29, 1.82) is 0 Å². The van der Waals surface area contributed by atoms with E-state index in [-0.39, 0.29) is 24.2 Å². The van der Waals surface area contributed by atoms with Gasteiger partial charge in [0.05, 0.1) is 0 Å². The number of hydrogen-bond donors (Lipinski definition) is 2. The summed E-state index contributed by atoms with van der Waals surface area (Å²) in [7, 11) is 0. The second kappa shape index (κ2) is 4.95. The lowest BCUT2D eigenvalue weighted by Gasteiger charge is -2.21. The monoisotopic (exact) mass is 233 g/mol. The number of carbonyl (C=O) groups is 2. The smallest absolute Gasteiger partial charge is 0.228 e. The van der Waals surface area contributed by atoms with Crippen LogP contribution >= 0.6 is 0 Å². The van der Waals surface area contributed by atoms with Gasteiger partial charge in [0.25, 0.3) is 0 Å². The molecular weight excluding hydrogens is 218 g/mol. The zero-order chi connectivity index (χ0) is 12.3. The van der Waals surface area contributed by atoms with Crippen LogP contribution in [0.1, 0.15) is 18.5 Å². The summed E-state index contributed by atoms with van der Waals surface area (Å²) in [6.07, 6.45) is 2.62. The number of aromatic nitrogens is 1. The number of piperidine rings is 1. The standard InChI is InChI=1S/C12H15N3O2/c1-8-6-10(3-5-13-8)15-12(17)9-2-4-14-11(16)7-9/h3,5-6,9H,2,4,7H2,1H3,(H,14,16)(H,13,15,17). The predicted octanol–water partition coefficient (Wildman–Crippen LogP) is 0.855. The van der Waals surface area contributed by atoms with Crippen molar-refractivity contribution in [2.75, 3.05) is 11.9 Å². The van der Waals surface area contributed by atoms with E-state index in [2.05, 4.69) is 15.6 Å². The highest BCUT2D eigenvalue weighted by molar-refractivity contribution is 5.95. The van der Waals surface area contributed by atoms with E-state index in [4.69, 9.17) is 0 Å². The summed E-state index contributed by atoms with van der Waals surface area (Å²) in [4.78, 5) is 27.2. The molecule has 2 heterocycles. The summed E-state index contributed by atoms with van der Waals surface area (Å²) in [5, 5.41) is 5.52. The van der Waals surface area contributed by atoms with Gasteiger partial charge in [0.2, 0.25) is 11.8 Å². The third-order valence-corrected chi connectivity index (χ3v) is 2.78. The Morgan fingerprint density at radius 3 is 3.12 bits per heavy atom. The minimum atomic E-state index is -0.225. The SMILES string of the molecule is Cc1cc(NC(=O)C2CCNC(=O)C2)ccn1. The first-order valence-electron chi connectivity index (χ1n) is 5.65. The van der Waals surface area contributed by atoms with Gasteiger partial charge in [-0.05, 0) is 25.5 Å². The summed E-state index contributed by atoms with van der Waals surface area (Å²) in [5.41, 5.74) is 1.58. The van der Waals surface area contributed by atoms with Crippen LogP contribution in [0.5, 0.6) is 0 Å². The average Bonchev–Trinajstić information content (AvgIpc) is 2.29. The lowest BCUT2D eigenvalue weighted by Crippen LogP contribution is -2.38. The van der Waals surface area contributed by atoms with Gasteiger partial charge in [0.1, 0.15) is 0 Å². The molecule has 0 radical (unpaired) electrons. The lowest BCUT2D eigenvalue weighted by molar-refractivity contribution is -0.129. The Balaban J connectivity index is 1.99. The number of amides is 2. The molecule has 5 nitrogen and oxygen atoms in total. The number of rotatable bonds is 2. The third-order valence-electron chi connectivity index (χ3n) is 2.78. The van der Waals surface area contributed by atoms with Gasteiger partial charge < -0.3 is 10.6 Å². The van der Waals surface area contributed by atoms with Crippen LogP contribution in [0.4, 0.5) is 5.69 Å². The number of hydrogen-bond acceptors (Lipinski definition) is 3. The van der Waals surface area contributed by atoms with E-state index in [0.29, 0.717) is 13.0 Å². The minimum Gasteiger partial charge on any atom is -0.356 e. The molecule has 1 saturated heterocycles. The minimum absolute atomic E-state index is 0.0534. The largest absolute Gasteiger partial charge is 0.356 e. The number of nitrogens with zero attached hydrogens (tertiary/aromatic N) is 1. The highest BCUT2D eigenvalue weighted by Crippen LogP contribution is 2.16. The molecule has 17 heavy (non-hydrogen) atoms. The van der Waals surface area contributed by atoms with Gasteiger partial charge in [-0.2, -0.15) is 0 Å². The zero-order valence-electron chi connectivity index (χ0n) is 9.69. The van der Waals surface area contributed by atoms with Crippen LogP contribution in [0.25, 0.3) is 0 Å². The summed E-state index contributed by atoms with van der Waals surface area (Å²) in [6.45, 7) is 2.44. The molecular formula is C12H15N3O2. The molecule has 1 aromatic rings. The van der Waals surface area contributed by atoms with Crippen LogP contribution < -0.4 is 10.6 Å². The molecule has 1 unspecified atom stereocenters. The van der Waals surface area contributed by atoms with Gasteiger partial charge in [-0.1, -0.05) is 0 Å². The van der Waals surface area contributed by atoms with Crippen molar-refractivity contribution in [1.82, 2.24) is 10.3 Å². The van der Waals surface area contributed by atoms with Crippen LogP contribution in [0, 0.1) is 12.8 Å². The Kier molecular flexibility index (Phi) is 3.37. The van der Waals surface area contributed by atoms with Crippen LogP contribution in [0.2, 0.25) is 0 Å². The first kappa shape index (κ1) is 11.6. The van der Waals surface area contributed by atoms with Crippen molar-refractivity contribution in [2.24, 2.45) is 5.92 Å². The predicted molar refractivity (Wildman–Crippen MR) is 63.3 cm³/mol. The van der Waals surface area contributed by atoms with Crippen LogP contribution in [0.3, 0.4) is 0 Å². The van der Waals surface area contributed by atoms with Gasteiger partial charge in [0.15, 0.2) is 0 Å². The van der Waals surface area contributed by atoms with E-state index >= 15 is 0 Å². The van der Waals surface area contributed by atoms with Crippen molar-refractivity contribution >= 4 is 17.5 Å². The maximum absolute atomic E-state index is 11.9. The molecule has 0 aliphatic carbocycles. The van der Waals surface area contributed by atoms with E-state index < -0.39 is 0 Å². The fraction of sp³-hybridized carbons (Fsp3) is 0.417. The highest BCUT2D eigenvalue weighted by atomic mass is 16.2. The Morgan fingerprint density at radius 1 is 1.59 bits per heavy atom. The number of nitrogens with one attached hydrogen (secondary N) is 2. The van der Waals surface area contributed by atoms with E-state index in [1.165, 1.54) is 0 Å². The number of anilines is 1. The third kappa shape index (κ3) is 3.03. The molecule has 0 aromatic carbocycles. The summed E-state index contributed by atoms with van der Waals surface area (Å²) in [5.74, 6) is -0.370. The molecule has 90 valence electrons. The molecule has 2 N–H and O–H groups in total. The molecule has 0 spiro atoms. The first-order valence-corrected chi connectivity index (χ1v) is 5.65. The molecule has 2 amide bonds. The average molecular weight is 233 g/mol. The van der Waals surface area contributed by atoms with Crippen LogP contribution in [0.15, 0.2) is 18.3 Å². The number of aryl methyl sites for hydroxylation is 1. The fourth-order valence-corrected chi connectivity index (χ4v) is 1.88. The number of pyridine rings is 1. The summed E-state index contributed by atoms with van der Waals surface area (Å²) >= 11 is 0. The van der Waals surface area contributed by atoms with Crippen molar-refractivity contribution in [2.45, 2.75) is 19.8 Å². The maximum Gasteiger partial charge on any atom is 0.228 e. The Morgan fingerprint density at radius 2 is 2.41 bits per heavy atom. The molecule has 1 aliphatic heterocycles. The van der Waals surface area contributed by atoms with Crippen molar-refractivity contribution in [3.05, 3.63) is 24.0 Å². The highest BCUT2D eigenvalue weighted by Gasteiger charge is 2.25. The molecule has 0 saturated carbocycles. The van der Waals surface area contributed by atoms with Crippen molar-refractivity contribution in [3.63, 3.8) is 0 Å². The number of carbonyl (C=O) groups excluding carboxylic acids is 2. The van der Waals surface area contributed by atoms with Gasteiger partial charge in [-0.15, -0.1) is 0 Å². The van der Waals surface area contributed by atoms with E-state index in [1.54, 1.807) is 18.3 Å². The van der Waals surface area contributed by atoms with Crippen molar-refractivity contribution < 1.29 is 9.59 Å². The fourth-order valence-electron chi connectivity index (χ4n) is 1.88. The van der Waals surface area contributed by atoms with Crippen molar-refractivity contribution in [3.8, 4) is 0 Å². The molecule has 0 bridgehead atoms. The van der Waals surface area contributed by atoms with Crippen LogP contribution in [-0.2, 0) is 9.59 Å². The molecule has 1 fully saturated rings. The van der Waals surface area contributed by atoms with E-state index in [9.17, 15) is 9.59 Å². The second-order valence-corrected chi connectivity index (χ2v) is 4.21. The zero-order valence-corrected chi connectivity index (χ0v) is 9.69. The normalized spacial score (nSPS) is 19.6. The Hall–Kier alpha value is -1.91. The first-order chi connectivity index (χ1) is 8.15.